The van der Waals surface area contributed by atoms with Gasteiger partial charge in [0.05, 0.1) is 8.47 Å². The van der Waals surface area contributed by atoms with Crippen LogP contribution >= 0.6 is 47.0 Å². The second kappa shape index (κ2) is 8.91. The Labute approximate surface area is 203 Å². The van der Waals surface area contributed by atoms with Crippen LogP contribution in [0.5, 0.6) is 0 Å². The molecule has 3 heterocycles. The Morgan fingerprint density at radius 3 is 1.69 bits per heavy atom. The molecule has 0 spiro atoms. The first-order valence-corrected chi connectivity index (χ1v) is 13.7. The molecule has 0 fully saturated rings. The Morgan fingerprint density at radius 1 is 0.531 bits per heavy atom. The molecule has 0 saturated carbocycles. The third-order valence-electron chi connectivity index (χ3n) is 5.44. The van der Waals surface area contributed by atoms with Crippen LogP contribution in [0.4, 0.5) is 0 Å². The second-order valence-corrected chi connectivity index (χ2v) is 11.5. The van der Waals surface area contributed by atoms with Crippen molar-refractivity contribution in [3.05, 3.63) is 110 Å². The van der Waals surface area contributed by atoms with Crippen molar-refractivity contribution in [2.24, 2.45) is 0 Å². The number of rotatable bonds is 2. The Bertz CT molecular complexity index is 1550. The Balaban J connectivity index is 1.70. The van der Waals surface area contributed by atoms with E-state index in [4.69, 9.17) is 0 Å². The molecular weight excluding hydrogens is 467 g/mol. The van der Waals surface area contributed by atoms with Crippen molar-refractivity contribution in [2.75, 3.05) is 0 Å². The van der Waals surface area contributed by atoms with Crippen molar-refractivity contribution in [1.82, 2.24) is 4.98 Å². The third kappa shape index (κ3) is 3.73. The first kappa shape index (κ1) is 20.3. The predicted molar refractivity (Wildman–Crippen MR) is 149 cm³/mol. The van der Waals surface area contributed by atoms with Gasteiger partial charge in [0.2, 0.25) is 0 Å². The highest BCUT2D eigenvalue weighted by molar-refractivity contribution is 8.35. The molecule has 0 aliphatic carbocycles. The van der Waals surface area contributed by atoms with Gasteiger partial charge in [-0.15, -0.1) is 0 Å². The maximum absolute atomic E-state index is 4.11. The van der Waals surface area contributed by atoms with E-state index in [1.807, 2.05) is 71.6 Å². The molecule has 3 aromatic carbocycles. The number of fused-ring (bicyclic) bond motifs is 2. The molecule has 5 heteroatoms. The van der Waals surface area contributed by atoms with Crippen molar-refractivity contribution in [3.63, 3.8) is 0 Å². The Hall–Kier alpha value is -2.31. The first-order chi connectivity index (χ1) is 15.9. The fourth-order valence-corrected chi connectivity index (χ4v) is 7.90. The summed E-state index contributed by atoms with van der Waals surface area (Å²) >= 11 is 7.30. The number of hydrogen-bond donors (Lipinski definition) is 0. The van der Waals surface area contributed by atoms with Gasteiger partial charge >= 0.3 is 0 Å². The molecule has 154 valence electrons. The summed E-state index contributed by atoms with van der Waals surface area (Å²) in [6, 6.07) is 19.8. The number of aromatic nitrogens is 1. The van der Waals surface area contributed by atoms with E-state index in [0.29, 0.717) is 0 Å². The highest BCUT2D eigenvalue weighted by Crippen LogP contribution is 2.41. The molecular formula is C27H17NS4. The second-order valence-electron chi connectivity index (χ2n) is 7.31. The molecule has 32 heavy (non-hydrogen) atoms. The van der Waals surface area contributed by atoms with Gasteiger partial charge in [-0.05, 0) is 72.5 Å². The number of pyridine rings is 1. The van der Waals surface area contributed by atoms with Gasteiger partial charge in [0, 0.05) is 22.8 Å². The maximum atomic E-state index is 4.11. The molecule has 0 atom stereocenters. The highest BCUT2D eigenvalue weighted by atomic mass is 32.2. The van der Waals surface area contributed by atoms with Crippen LogP contribution in [0.1, 0.15) is 11.1 Å². The van der Waals surface area contributed by atoms with Crippen LogP contribution in [0, 0.1) is 0 Å². The molecule has 6 rings (SSSR count). The summed E-state index contributed by atoms with van der Waals surface area (Å²) in [4.78, 5) is 4.11. The van der Waals surface area contributed by atoms with Gasteiger partial charge in [-0.2, -0.15) is 0 Å². The molecule has 2 aliphatic heterocycles. The predicted octanol–water partition coefficient (Wildman–Crippen LogP) is 7.59. The van der Waals surface area contributed by atoms with E-state index >= 15 is 0 Å². The van der Waals surface area contributed by atoms with Crippen LogP contribution in [-0.2, 0) is 0 Å². The van der Waals surface area contributed by atoms with Crippen molar-refractivity contribution >= 4 is 89.2 Å². The summed E-state index contributed by atoms with van der Waals surface area (Å²) in [5.74, 6) is 0. The lowest BCUT2D eigenvalue weighted by atomic mass is 9.97. The van der Waals surface area contributed by atoms with Crippen molar-refractivity contribution < 1.29 is 0 Å². The van der Waals surface area contributed by atoms with E-state index in [0.717, 1.165) is 5.56 Å². The zero-order valence-corrected chi connectivity index (χ0v) is 20.2. The largest absolute Gasteiger partial charge is 0.265 e. The van der Waals surface area contributed by atoms with Crippen molar-refractivity contribution in [3.8, 4) is 0 Å². The van der Waals surface area contributed by atoms with Crippen LogP contribution in [0.25, 0.3) is 42.2 Å². The zero-order valence-electron chi connectivity index (χ0n) is 16.9. The maximum Gasteiger partial charge on any atom is 0.0571 e. The van der Waals surface area contributed by atoms with Crippen LogP contribution in [0.3, 0.4) is 0 Å². The first-order valence-electron chi connectivity index (χ1n) is 10.2. The molecule has 0 unspecified atom stereocenters. The lowest BCUT2D eigenvalue weighted by molar-refractivity contribution is 1.32. The van der Waals surface area contributed by atoms with Crippen LogP contribution in [0.15, 0.2) is 88.6 Å². The van der Waals surface area contributed by atoms with Gasteiger partial charge in [-0.25, -0.2) is 0 Å². The lowest BCUT2D eigenvalue weighted by Crippen LogP contribution is -2.16. The Morgan fingerprint density at radius 2 is 1.06 bits per heavy atom. The average Bonchev–Trinajstić information content (AvgIpc) is 3.56. The lowest BCUT2D eigenvalue weighted by Gasteiger charge is -2.12. The topological polar surface area (TPSA) is 12.9 Å². The summed E-state index contributed by atoms with van der Waals surface area (Å²) in [6.45, 7) is 0. The van der Waals surface area contributed by atoms with E-state index in [-0.39, 0.29) is 0 Å². The molecule has 0 amide bonds. The summed E-state index contributed by atoms with van der Waals surface area (Å²) in [5.41, 5.74) is 2.36. The smallest absolute Gasteiger partial charge is 0.0571 e. The van der Waals surface area contributed by atoms with Crippen molar-refractivity contribution in [1.29, 1.82) is 0 Å². The summed E-state index contributed by atoms with van der Waals surface area (Å²) in [6.07, 6.45) is 8.01. The molecule has 0 saturated heterocycles. The quantitative estimate of drug-likeness (QED) is 0.272. The summed E-state index contributed by atoms with van der Waals surface area (Å²) in [5, 5.41) is 16.7. The molecule has 0 bridgehead atoms. The van der Waals surface area contributed by atoms with Gasteiger partial charge in [-0.1, -0.05) is 95.6 Å². The van der Waals surface area contributed by atoms with Crippen LogP contribution in [0.2, 0.25) is 0 Å². The minimum Gasteiger partial charge on any atom is -0.265 e. The Kier molecular flexibility index (Phi) is 5.65. The minimum absolute atomic E-state index is 1.15. The van der Waals surface area contributed by atoms with E-state index in [1.54, 1.807) is 0 Å². The van der Waals surface area contributed by atoms with Gasteiger partial charge in [0.1, 0.15) is 0 Å². The monoisotopic (exact) mass is 483 g/mol. The number of thioether (sulfide) groups is 4. The number of benzene rings is 3. The fraction of sp³-hybridized carbons (Fsp3) is 0. The van der Waals surface area contributed by atoms with Gasteiger partial charge in [-0.3, -0.25) is 4.98 Å². The average molecular weight is 484 g/mol. The van der Waals surface area contributed by atoms with Crippen LogP contribution in [-0.4, -0.2) is 4.98 Å². The molecule has 0 N–H and O–H groups in total. The van der Waals surface area contributed by atoms with E-state index in [1.165, 1.54) is 46.0 Å². The van der Waals surface area contributed by atoms with Gasteiger partial charge in [0.25, 0.3) is 0 Å². The molecule has 2 aliphatic rings. The fourth-order valence-electron chi connectivity index (χ4n) is 4.06. The summed E-state index contributed by atoms with van der Waals surface area (Å²) < 4.78 is 2.70. The number of nitrogens with zero attached hydrogens (tertiary/aromatic N) is 1. The van der Waals surface area contributed by atoms with E-state index < -0.39 is 0 Å². The van der Waals surface area contributed by atoms with E-state index in [9.17, 15) is 0 Å². The van der Waals surface area contributed by atoms with Crippen molar-refractivity contribution in [2.45, 2.75) is 0 Å². The van der Waals surface area contributed by atoms with Crippen LogP contribution < -0.4 is 10.4 Å². The molecule has 4 aromatic rings. The summed E-state index contributed by atoms with van der Waals surface area (Å²) in [7, 11) is 0. The third-order valence-corrected chi connectivity index (χ3v) is 9.70. The standard InChI is InChI=1S/C27H17NS4/c1-2-4-21-20(3-1)24(26-29-13-14-30-26)22-8-7-19(6-5-18-9-11-28-12-10-18)17-23(22)25(21)27-31-15-16-32-27/h1-17H/b6-5+. The minimum atomic E-state index is 1.15. The van der Waals surface area contributed by atoms with E-state index in [2.05, 4.69) is 81.2 Å². The highest BCUT2D eigenvalue weighted by Gasteiger charge is 2.15. The SMILES string of the molecule is C1=CSC(=c2c3ccccc3c(=C3SC=CS3)c3cc(/C=C/c4ccncc4)ccc23)S1. The molecule has 1 nitrogen and oxygen atoms in total. The van der Waals surface area contributed by atoms with Gasteiger partial charge < -0.3 is 0 Å². The molecule has 1 aromatic heterocycles. The van der Waals surface area contributed by atoms with Gasteiger partial charge in [0.15, 0.2) is 0 Å². The molecule has 0 radical (unpaired) electrons. The number of hydrogen-bond acceptors (Lipinski definition) is 5. The normalized spacial score (nSPS) is 15.8. The zero-order chi connectivity index (χ0) is 21.3.